The van der Waals surface area contributed by atoms with E-state index < -0.39 is 0 Å². The maximum atomic E-state index is 12.7. The van der Waals surface area contributed by atoms with E-state index in [4.69, 9.17) is 4.74 Å². The van der Waals surface area contributed by atoms with Crippen LogP contribution in [-0.2, 0) is 11.2 Å². The topological polar surface area (TPSA) is 26.3 Å². The molecule has 2 nitrogen and oxygen atoms in total. The molecule has 0 aliphatic rings. The van der Waals surface area contributed by atoms with Crippen LogP contribution in [0.1, 0.15) is 153 Å². The van der Waals surface area contributed by atoms with Gasteiger partial charge in [0.15, 0.2) is 0 Å². The summed E-state index contributed by atoms with van der Waals surface area (Å²) in [6.45, 7) is 9.66. The van der Waals surface area contributed by atoms with E-state index in [1.165, 1.54) is 102 Å². The molecule has 0 radical (unpaired) electrons. The third-order valence-corrected chi connectivity index (χ3v) is 7.08. The first kappa shape index (κ1) is 29.7. The highest BCUT2D eigenvalue weighted by Gasteiger charge is 2.26. The molecule has 0 aromatic heterocycles. The van der Waals surface area contributed by atoms with Crippen LogP contribution >= 0.6 is 0 Å². The second-order valence-electron chi connectivity index (χ2n) is 10.6. The summed E-state index contributed by atoms with van der Waals surface area (Å²) in [5, 5.41) is 0. The lowest BCUT2D eigenvalue weighted by atomic mass is 9.80. The molecule has 1 aromatic carbocycles. The van der Waals surface area contributed by atoms with Gasteiger partial charge in [-0.3, -0.25) is 0 Å². The largest absolute Gasteiger partial charge is 0.462 e. The Labute approximate surface area is 206 Å². The van der Waals surface area contributed by atoms with Crippen LogP contribution in [0.15, 0.2) is 24.3 Å². The molecular formula is C31H54O2. The molecule has 0 spiro atoms. The smallest absolute Gasteiger partial charge is 0.338 e. The van der Waals surface area contributed by atoms with Crippen molar-refractivity contribution in [2.45, 2.75) is 143 Å². The first-order chi connectivity index (χ1) is 16.0. The third-order valence-electron chi connectivity index (χ3n) is 7.08. The zero-order chi connectivity index (χ0) is 24.2. The highest BCUT2D eigenvalue weighted by Crippen LogP contribution is 2.32. The molecule has 190 valence electrons. The molecule has 1 unspecified atom stereocenters. The second kappa shape index (κ2) is 19.0. The number of benzene rings is 1. The van der Waals surface area contributed by atoms with Crippen molar-refractivity contribution in [3.63, 3.8) is 0 Å². The van der Waals surface area contributed by atoms with E-state index in [-0.39, 0.29) is 11.4 Å². The summed E-state index contributed by atoms with van der Waals surface area (Å²) in [7, 11) is 0. The lowest BCUT2D eigenvalue weighted by Crippen LogP contribution is -2.25. The first-order valence-corrected chi connectivity index (χ1v) is 14.3. The predicted molar refractivity (Wildman–Crippen MR) is 144 cm³/mol. The van der Waals surface area contributed by atoms with E-state index in [9.17, 15) is 4.79 Å². The van der Waals surface area contributed by atoms with Crippen molar-refractivity contribution in [1.82, 2.24) is 0 Å². The Balaban J connectivity index is 2.49. The molecule has 33 heavy (non-hydrogen) atoms. The minimum absolute atomic E-state index is 0.104. The minimum Gasteiger partial charge on any atom is -0.462 e. The third kappa shape index (κ3) is 14.5. The van der Waals surface area contributed by atoms with Crippen molar-refractivity contribution in [2.75, 3.05) is 6.61 Å². The van der Waals surface area contributed by atoms with Crippen LogP contribution < -0.4 is 0 Å². The molecule has 0 bridgehead atoms. The summed E-state index contributed by atoms with van der Waals surface area (Å²) in [6, 6.07) is 8.12. The van der Waals surface area contributed by atoms with Crippen LogP contribution in [0.5, 0.6) is 0 Å². The maximum absolute atomic E-state index is 12.7. The Kier molecular flexibility index (Phi) is 17.2. The van der Waals surface area contributed by atoms with E-state index >= 15 is 0 Å². The SMILES string of the molecule is CCCCCCCCC(C)(CCCCCC)COC(=O)c1ccc(CCCCCCC)cc1. The molecule has 1 aromatic rings. The molecule has 0 saturated carbocycles. The van der Waals surface area contributed by atoms with E-state index in [1.54, 1.807) is 0 Å². The maximum Gasteiger partial charge on any atom is 0.338 e. The van der Waals surface area contributed by atoms with Gasteiger partial charge in [-0.25, -0.2) is 4.79 Å². The summed E-state index contributed by atoms with van der Waals surface area (Å²) in [4.78, 5) is 12.7. The van der Waals surface area contributed by atoms with Gasteiger partial charge in [-0.05, 0) is 43.4 Å². The van der Waals surface area contributed by atoms with Gasteiger partial charge in [-0.1, -0.05) is 130 Å². The molecular weight excluding hydrogens is 404 g/mol. The fourth-order valence-corrected chi connectivity index (χ4v) is 4.64. The van der Waals surface area contributed by atoms with Gasteiger partial charge in [0.05, 0.1) is 12.2 Å². The summed E-state index contributed by atoms with van der Waals surface area (Å²) in [5.74, 6) is -0.160. The van der Waals surface area contributed by atoms with Gasteiger partial charge in [-0.2, -0.15) is 0 Å². The van der Waals surface area contributed by atoms with Crippen LogP contribution in [0.4, 0.5) is 0 Å². The van der Waals surface area contributed by atoms with Gasteiger partial charge in [0, 0.05) is 5.41 Å². The number of aryl methyl sites for hydroxylation is 1. The molecule has 0 N–H and O–H groups in total. The lowest BCUT2D eigenvalue weighted by Gasteiger charge is -2.29. The number of rotatable bonds is 21. The highest BCUT2D eigenvalue weighted by atomic mass is 16.5. The van der Waals surface area contributed by atoms with Crippen molar-refractivity contribution >= 4 is 5.97 Å². The number of hydrogen-bond donors (Lipinski definition) is 0. The van der Waals surface area contributed by atoms with Crippen LogP contribution in [-0.4, -0.2) is 12.6 Å². The van der Waals surface area contributed by atoms with Crippen LogP contribution in [0.25, 0.3) is 0 Å². The Hall–Kier alpha value is -1.31. The quantitative estimate of drug-likeness (QED) is 0.135. The number of esters is 1. The molecule has 0 saturated heterocycles. The molecule has 0 fully saturated rings. The van der Waals surface area contributed by atoms with Crippen molar-refractivity contribution < 1.29 is 9.53 Å². The number of unbranched alkanes of at least 4 members (excludes halogenated alkanes) is 12. The van der Waals surface area contributed by atoms with E-state index in [0.717, 1.165) is 19.3 Å². The summed E-state index contributed by atoms with van der Waals surface area (Å²) >= 11 is 0. The van der Waals surface area contributed by atoms with Crippen molar-refractivity contribution in [2.24, 2.45) is 5.41 Å². The number of ether oxygens (including phenoxy) is 1. The van der Waals surface area contributed by atoms with Crippen LogP contribution in [0.2, 0.25) is 0 Å². The molecule has 0 amide bonds. The minimum atomic E-state index is -0.160. The molecule has 0 aliphatic heterocycles. The van der Waals surface area contributed by atoms with Crippen molar-refractivity contribution in [3.05, 3.63) is 35.4 Å². The number of carbonyl (C=O) groups is 1. The summed E-state index contributed by atoms with van der Waals surface area (Å²) < 4.78 is 5.87. The Morgan fingerprint density at radius 1 is 0.667 bits per heavy atom. The van der Waals surface area contributed by atoms with E-state index in [1.807, 2.05) is 12.1 Å². The summed E-state index contributed by atoms with van der Waals surface area (Å²) in [6.07, 6.45) is 22.9. The number of carbonyl (C=O) groups excluding carboxylic acids is 1. The van der Waals surface area contributed by atoms with Gasteiger partial charge in [-0.15, -0.1) is 0 Å². The monoisotopic (exact) mass is 458 g/mol. The molecule has 1 rings (SSSR count). The van der Waals surface area contributed by atoms with Crippen LogP contribution in [0.3, 0.4) is 0 Å². The number of hydrogen-bond acceptors (Lipinski definition) is 2. The first-order valence-electron chi connectivity index (χ1n) is 14.3. The fraction of sp³-hybridized carbons (Fsp3) is 0.774. The molecule has 1 atom stereocenters. The van der Waals surface area contributed by atoms with Gasteiger partial charge < -0.3 is 4.74 Å². The van der Waals surface area contributed by atoms with Gasteiger partial charge in [0.25, 0.3) is 0 Å². The molecule has 0 heterocycles. The summed E-state index contributed by atoms with van der Waals surface area (Å²) in [5.41, 5.74) is 2.12. The Morgan fingerprint density at radius 2 is 1.12 bits per heavy atom. The second-order valence-corrected chi connectivity index (χ2v) is 10.6. The Bertz CT molecular complexity index is 591. The zero-order valence-corrected chi connectivity index (χ0v) is 22.6. The standard InChI is InChI=1S/C31H54O2/c1-5-8-11-14-16-19-26-31(4,25-18-13-10-7-3)27-33-30(32)29-23-21-28(22-24-29)20-17-15-12-9-6-2/h21-24H,5-20,25-27H2,1-4H3. The highest BCUT2D eigenvalue weighted by molar-refractivity contribution is 5.89. The van der Waals surface area contributed by atoms with Crippen molar-refractivity contribution in [3.8, 4) is 0 Å². The van der Waals surface area contributed by atoms with Crippen LogP contribution in [0, 0.1) is 5.41 Å². The van der Waals surface area contributed by atoms with Gasteiger partial charge in [0.2, 0.25) is 0 Å². The molecule has 2 heteroatoms. The Morgan fingerprint density at radius 3 is 1.67 bits per heavy atom. The normalized spacial score (nSPS) is 13.1. The van der Waals surface area contributed by atoms with Gasteiger partial charge in [0.1, 0.15) is 0 Å². The lowest BCUT2D eigenvalue weighted by molar-refractivity contribution is 0.0264. The van der Waals surface area contributed by atoms with Gasteiger partial charge >= 0.3 is 5.97 Å². The fourth-order valence-electron chi connectivity index (χ4n) is 4.64. The average Bonchev–Trinajstić information content (AvgIpc) is 2.83. The zero-order valence-electron chi connectivity index (χ0n) is 22.6. The predicted octanol–water partition coefficient (Wildman–Crippen LogP) is 10.1. The van der Waals surface area contributed by atoms with Crippen molar-refractivity contribution in [1.29, 1.82) is 0 Å². The van der Waals surface area contributed by atoms with E-state index in [2.05, 4.69) is 39.8 Å². The van der Waals surface area contributed by atoms with E-state index in [0.29, 0.717) is 12.2 Å². The molecule has 0 aliphatic carbocycles. The average molecular weight is 459 g/mol.